The van der Waals surface area contributed by atoms with Gasteiger partial charge in [-0.25, -0.2) is 0 Å². The normalized spacial score (nSPS) is 13.5. The van der Waals surface area contributed by atoms with Crippen molar-refractivity contribution in [2.45, 2.75) is 40.0 Å². The third kappa shape index (κ3) is 5.80. The summed E-state index contributed by atoms with van der Waals surface area (Å²) in [4.78, 5) is 23.9. The van der Waals surface area contributed by atoms with Crippen LogP contribution in [0, 0.1) is 5.41 Å². The van der Waals surface area contributed by atoms with E-state index in [2.05, 4.69) is 23.5 Å². The number of benzene rings is 3. The molecule has 180 valence electrons. The van der Waals surface area contributed by atoms with Crippen LogP contribution in [0.2, 0.25) is 0 Å². The third-order valence-electron chi connectivity index (χ3n) is 6.08. The van der Waals surface area contributed by atoms with Crippen LogP contribution in [-0.4, -0.2) is 23.6 Å². The van der Waals surface area contributed by atoms with Crippen LogP contribution in [0.4, 0.5) is 5.69 Å². The summed E-state index contributed by atoms with van der Waals surface area (Å²) in [5, 5.41) is 12.9. The Kier molecular flexibility index (Phi) is 7.06. The van der Waals surface area contributed by atoms with Gasteiger partial charge in [0.15, 0.2) is 0 Å². The molecule has 0 unspecified atom stereocenters. The van der Waals surface area contributed by atoms with Crippen molar-refractivity contribution in [2.24, 2.45) is 5.41 Å². The molecule has 0 saturated carbocycles. The van der Waals surface area contributed by atoms with Gasteiger partial charge in [0.05, 0.1) is 5.41 Å². The lowest BCUT2D eigenvalue weighted by atomic mass is 9.86. The summed E-state index contributed by atoms with van der Waals surface area (Å²) in [5.41, 5.74) is 6.72. The van der Waals surface area contributed by atoms with Gasteiger partial charge in [-0.05, 0) is 91.3 Å². The summed E-state index contributed by atoms with van der Waals surface area (Å²) < 4.78 is 5.56. The number of hydrogen-bond acceptors (Lipinski definition) is 4. The van der Waals surface area contributed by atoms with Gasteiger partial charge in [0, 0.05) is 18.7 Å². The highest BCUT2D eigenvalue weighted by Gasteiger charge is 2.24. The van der Waals surface area contributed by atoms with E-state index >= 15 is 0 Å². The maximum absolute atomic E-state index is 12.3. The minimum Gasteiger partial charge on any atom is -0.481 e. The van der Waals surface area contributed by atoms with Crippen molar-refractivity contribution in [3.63, 3.8) is 0 Å². The second kappa shape index (κ2) is 10.2. The topological polar surface area (TPSA) is 75.6 Å². The molecule has 4 rings (SSSR count). The Balaban J connectivity index is 1.84. The maximum atomic E-state index is 12.3. The van der Waals surface area contributed by atoms with Gasteiger partial charge in [-0.3, -0.25) is 9.59 Å². The molecule has 0 spiro atoms. The summed E-state index contributed by atoms with van der Waals surface area (Å²) in [6, 6.07) is 23.8. The third-order valence-corrected chi connectivity index (χ3v) is 6.08. The largest absolute Gasteiger partial charge is 0.481 e. The highest BCUT2D eigenvalue weighted by molar-refractivity contribution is 5.99. The number of fused-ring (bicyclic) bond motifs is 1. The Morgan fingerprint density at radius 1 is 0.886 bits per heavy atom. The molecule has 1 heterocycles. The van der Waals surface area contributed by atoms with Crippen molar-refractivity contribution in [1.29, 1.82) is 0 Å². The number of carboxylic acid groups (broad SMARTS) is 1. The number of rotatable bonds is 7. The molecule has 0 saturated heterocycles. The molecule has 3 aromatic rings. The van der Waals surface area contributed by atoms with Crippen LogP contribution in [0.15, 0.2) is 72.8 Å². The van der Waals surface area contributed by atoms with Gasteiger partial charge in [0.1, 0.15) is 5.75 Å². The molecule has 0 amide bonds. The van der Waals surface area contributed by atoms with Crippen LogP contribution in [0.5, 0.6) is 5.75 Å². The summed E-state index contributed by atoms with van der Waals surface area (Å²) in [6.45, 7) is 6.38. The van der Waals surface area contributed by atoms with Crippen LogP contribution >= 0.6 is 0 Å². The number of hydrogen-bond donors (Lipinski definition) is 2. The average molecular weight is 470 g/mol. The lowest BCUT2D eigenvalue weighted by Gasteiger charge is -2.19. The first-order chi connectivity index (χ1) is 16.7. The monoisotopic (exact) mass is 469 g/mol. The van der Waals surface area contributed by atoms with Gasteiger partial charge < -0.3 is 15.2 Å². The van der Waals surface area contributed by atoms with Gasteiger partial charge >= 0.3 is 11.9 Å². The lowest BCUT2D eigenvalue weighted by Crippen LogP contribution is -2.25. The molecule has 1 aliphatic heterocycles. The molecule has 0 radical (unpaired) electrons. The standard InChI is InChI=1S/C30H31NO4/c1-30(2,3)29(34)35-24-12-9-21(10-13-24)28(23-11-15-26-22(19-23)17-18-31-26)25(14-16-27(32)33)20-7-5-4-6-8-20/h4-13,15,19,31H,14,16-18H2,1-3H3,(H,32,33)/b28-25-. The lowest BCUT2D eigenvalue weighted by molar-refractivity contribution is -0.143. The van der Waals surface area contributed by atoms with Gasteiger partial charge in [-0.2, -0.15) is 0 Å². The van der Waals surface area contributed by atoms with E-state index in [4.69, 9.17) is 4.74 Å². The molecule has 0 bridgehead atoms. The first-order valence-electron chi connectivity index (χ1n) is 11.9. The molecule has 3 aromatic carbocycles. The number of esters is 1. The molecule has 0 atom stereocenters. The molecule has 5 heteroatoms. The minimum absolute atomic E-state index is 0.0293. The van der Waals surface area contributed by atoms with Crippen molar-refractivity contribution < 1.29 is 19.4 Å². The van der Waals surface area contributed by atoms with E-state index in [0.717, 1.165) is 46.5 Å². The molecule has 2 N–H and O–H groups in total. The first kappa shape index (κ1) is 24.3. The SMILES string of the molecule is CC(C)(C)C(=O)Oc1ccc(/C(=C(\CCC(=O)O)c2ccccc2)c2ccc3c(c2)CCN3)cc1. The predicted molar refractivity (Wildman–Crippen MR) is 139 cm³/mol. The van der Waals surface area contributed by atoms with Crippen LogP contribution < -0.4 is 10.1 Å². The van der Waals surface area contributed by atoms with Gasteiger partial charge in [0.25, 0.3) is 0 Å². The zero-order valence-corrected chi connectivity index (χ0v) is 20.4. The highest BCUT2D eigenvalue weighted by atomic mass is 16.5. The van der Waals surface area contributed by atoms with E-state index in [-0.39, 0.29) is 12.4 Å². The Labute approximate surface area is 206 Å². The second-order valence-electron chi connectivity index (χ2n) is 9.83. The van der Waals surface area contributed by atoms with E-state index in [0.29, 0.717) is 12.2 Å². The number of aliphatic carboxylic acids is 1. The second-order valence-corrected chi connectivity index (χ2v) is 9.83. The van der Waals surface area contributed by atoms with Crippen molar-refractivity contribution in [2.75, 3.05) is 11.9 Å². The zero-order chi connectivity index (χ0) is 25.0. The molecule has 0 fully saturated rings. The first-order valence-corrected chi connectivity index (χ1v) is 11.9. The van der Waals surface area contributed by atoms with Crippen LogP contribution in [0.3, 0.4) is 0 Å². The molecule has 35 heavy (non-hydrogen) atoms. The van der Waals surface area contributed by atoms with Gasteiger partial charge in [-0.1, -0.05) is 48.5 Å². The fourth-order valence-electron chi connectivity index (χ4n) is 4.21. The number of allylic oxidation sites excluding steroid dienone is 1. The fourth-order valence-corrected chi connectivity index (χ4v) is 4.21. The number of anilines is 1. The predicted octanol–water partition coefficient (Wildman–Crippen LogP) is 6.43. The van der Waals surface area contributed by atoms with Crippen LogP contribution in [0.1, 0.15) is 55.9 Å². The highest BCUT2D eigenvalue weighted by Crippen LogP contribution is 2.38. The number of carbonyl (C=O) groups is 2. The fraction of sp³-hybridized carbons (Fsp3) is 0.267. The van der Waals surface area contributed by atoms with Gasteiger partial charge in [-0.15, -0.1) is 0 Å². The van der Waals surface area contributed by atoms with Crippen LogP contribution in [0.25, 0.3) is 11.1 Å². The van der Waals surface area contributed by atoms with E-state index in [1.54, 1.807) is 12.1 Å². The maximum Gasteiger partial charge on any atom is 0.316 e. The Morgan fingerprint density at radius 2 is 1.57 bits per heavy atom. The van der Waals surface area contributed by atoms with Crippen molar-refractivity contribution in [3.05, 3.63) is 95.1 Å². The molecular weight excluding hydrogens is 438 g/mol. The van der Waals surface area contributed by atoms with Gasteiger partial charge in [0.2, 0.25) is 0 Å². The molecule has 5 nitrogen and oxygen atoms in total. The molecule has 0 aromatic heterocycles. The Hall–Kier alpha value is -3.86. The Bertz CT molecular complexity index is 1250. The number of carbonyl (C=O) groups excluding carboxylic acids is 1. The number of ether oxygens (including phenoxy) is 1. The average Bonchev–Trinajstić information content (AvgIpc) is 3.30. The van der Waals surface area contributed by atoms with E-state index in [1.165, 1.54) is 5.56 Å². The smallest absolute Gasteiger partial charge is 0.316 e. The molecular formula is C30H31NO4. The molecule has 0 aliphatic carbocycles. The summed E-state index contributed by atoms with van der Waals surface area (Å²) in [5.74, 6) is -0.642. The van der Waals surface area contributed by atoms with E-state index in [9.17, 15) is 14.7 Å². The zero-order valence-electron chi connectivity index (χ0n) is 20.4. The summed E-state index contributed by atoms with van der Waals surface area (Å²) in [7, 11) is 0. The minimum atomic E-state index is -0.833. The summed E-state index contributed by atoms with van der Waals surface area (Å²) >= 11 is 0. The van der Waals surface area contributed by atoms with Crippen LogP contribution in [-0.2, 0) is 16.0 Å². The molecule has 1 aliphatic rings. The summed E-state index contributed by atoms with van der Waals surface area (Å²) in [6.07, 6.45) is 1.38. The number of carboxylic acids is 1. The van der Waals surface area contributed by atoms with Crippen molar-refractivity contribution in [1.82, 2.24) is 0 Å². The quantitative estimate of drug-likeness (QED) is 0.237. The van der Waals surface area contributed by atoms with E-state index < -0.39 is 11.4 Å². The van der Waals surface area contributed by atoms with Crippen molar-refractivity contribution in [3.8, 4) is 5.75 Å². The van der Waals surface area contributed by atoms with Crippen molar-refractivity contribution >= 4 is 28.8 Å². The van der Waals surface area contributed by atoms with E-state index in [1.807, 2.05) is 63.2 Å². The number of nitrogens with one attached hydrogen (secondary N) is 1. The Morgan fingerprint density at radius 3 is 2.23 bits per heavy atom.